The van der Waals surface area contributed by atoms with Crippen LogP contribution in [0.5, 0.6) is 0 Å². The van der Waals surface area contributed by atoms with Gasteiger partial charge in [-0.2, -0.15) is 0 Å². The molecule has 2 aromatic carbocycles. The summed E-state index contributed by atoms with van der Waals surface area (Å²) < 4.78 is 0. The molecule has 23 heavy (non-hydrogen) atoms. The van der Waals surface area contributed by atoms with Crippen LogP contribution in [0.1, 0.15) is 15.9 Å². The standard InChI is InChI=1S/C8H8Cl2N2O.C7H8.ClH.Na.H2O.H/c1-12(11)8(13)5-2-6(9)4-7(10)3-5;1-7-5-3-2-4-6-7;;;;/h2-4H,11H2,1H3;2-6H,1H3;1H;;1H2;. The number of nitrogens with two attached hydrogens (primary N) is 1. The summed E-state index contributed by atoms with van der Waals surface area (Å²) in [5.41, 5.74) is 1.70. The Labute approximate surface area is 174 Å². The van der Waals surface area contributed by atoms with Crippen molar-refractivity contribution < 1.29 is 10.3 Å². The second-order valence-electron chi connectivity index (χ2n) is 4.23. The fraction of sp³-hybridized carbons (Fsp3) is 0.133. The van der Waals surface area contributed by atoms with E-state index in [1.165, 1.54) is 24.7 Å². The predicted molar refractivity (Wildman–Crippen MR) is 102 cm³/mol. The summed E-state index contributed by atoms with van der Waals surface area (Å²) in [4.78, 5) is 11.3. The first-order chi connectivity index (χ1) is 9.40. The van der Waals surface area contributed by atoms with Gasteiger partial charge in [0, 0.05) is 22.7 Å². The molecule has 2 aromatic rings. The van der Waals surface area contributed by atoms with Gasteiger partial charge in [0.2, 0.25) is 0 Å². The molecule has 1 amide bonds. The van der Waals surface area contributed by atoms with Crippen molar-refractivity contribution in [3.05, 3.63) is 69.7 Å². The number of halogens is 3. The number of rotatable bonds is 1. The average molecular weight is 390 g/mol. The Morgan fingerprint density at radius 2 is 1.48 bits per heavy atom. The SMILES string of the molecule is CN(N)C(=O)c1cc(Cl)cc(Cl)c1.Cc1ccccc1.Cl.O.[NaH]. The van der Waals surface area contributed by atoms with Crippen LogP contribution in [0.15, 0.2) is 48.5 Å². The van der Waals surface area contributed by atoms with Crippen molar-refractivity contribution in [2.24, 2.45) is 5.84 Å². The molecule has 0 saturated heterocycles. The van der Waals surface area contributed by atoms with Crippen LogP contribution in [0.3, 0.4) is 0 Å². The third-order valence-electron chi connectivity index (χ3n) is 2.37. The number of hydrogen-bond acceptors (Lipinski definition) is 2. The molecule has 0 fully saturated rings. The van der Waals surface area contributed by atoms with Crippen molar-refractivity contribution in [3.8, 4) is 0 Å². The molecule has 0 aliphatic heterocycles. The number of nitrogens with zero attached hydrogens (tertiary/aromatic N) is 1. The molecule has 0 aliphatic rings. The van der Waals surface area contributed by atoms with Crippen molar-refractivity contribution in [2.45, 2.75) is 6.92 Å². The number of carbonyl (C=O) groups is 1. The second-order valence-corrected chi connectivity index (χ2v) is 5.10. The zero-order valence-corrected chi connectivity index (χ0v) is 14.5. The van der Waals surface area contributed by atoms with Gasteiger partial charge in [0.15, 0.2) is 0 Å². The molecule has 4 nitrogen and oxygen atoms in total. The molecule has 4 N–H and O–H groups in total. The van der Waals surface area contributed by atoms with Crippen LogP contribution < -0.4 is 5.84 Å². The Morgan fingerprint density at radius 1 is 1.04 bits per heavy atom. The molecule has 0 radical (unpaired) electrons. The van der Waals surface area contributed by atoms with E-state index in [4.69, 9.17) is 29.0 Å². The molecular formula is C15H20Cl3N2NaO2. The van der Waals surface area contributed by atoms with Gasteiger partial charge in [0.1, 0.15) is 0 Å². The Bertz CT molecular complexity index is 564. The van der Waals surface area contributed by atoms with Crippen molar-refractivity contribution in [1.82, 2.24) is 5.01 Å². The fourth-order valence-corrected chi connectivity index (χ4v) is 1.94. The third kappa shape index (κ3) is 11.0. The van der Waals surface area contributed by atoms with E-state index in [2.05, 4.69) is 19.1 Å². The molecular weight excluding hydrogens is 370 g/mol. The maximum atomic E-state index is 11.3. The van der Waals surface area contributed by atoms with E-state index in [0.717, 1.165) is 5.01 Å². The number of hydrogen-bond donors (Lipinski definition) is 1. The van der Waals surface area contributed by atoms with Crippen LogP contribution in [0.2, 0.25) is 10.0 Å². The van der Waals surface area contributed by atoms with Gasteiger partial charge in [0.05, 0.1) is 0 Å². The summed E-state index contributed by atoms with van der Waals surface area (Å²) in [6.45, 7) is 2.08. The minimum absolute atomic E-state index is 0. The van der Waals surface area contributed by atoms with Gasteiger partial charge in [-0.3, -0.25) is 9.80 Å². The molecule has 0 aromatic heterocycles. The number of benzene rings is 2. The Morgan fingerprint density at radius 3 is 1.78 bits per heavy atom. The van der Waals surface area contributed by atoms with Crippen LogP contribution in [-0.4, -0.2) is 53.0 Å². The maximum absolute atomic E-state index is 11.3. The number of aryl methyl sites for hydroxylation is 1. The zero-order valence-electron chi connectivity index (χ0n) is 12.2. The summed E-state index contributed by atoms with van der Waals surface area (Å²) >= 11 is 11.4. The normalized spacial score (nSPS) is 8.22. The minimum atomic E-state index is -0.329. The predicted octanol–water partition coefficient (Wildman–Crippen LogP) is 2.88. The zero-order chi connectivity index (χ0) is 15.1. The van der Waals surface area contributed by atoms with Crippen LogP contribution in [0, 0.1) is 6.92 Å². The van der Waals surface area contributed by atoms with Crippen LogP contribution >= 0.6 is 35.6 Å². The first-order valence-electron chi connectivity index (χ1n) is 5.90. The van der Waals surface area contributed by atoms with Gasteiger partial charge in [-0.05, 0) is 25.1 Å². The molecule has 124 valence electrons. The Kier molecular flexibility index (Phi) is 16.9. The summed E-state index contributed by atoms with van der Waals surface area (Å²) in [5.74, 6) is 4.94. The van der Waals surface area contributed by atoms with Gasteiger partial charge in [-0.1, -0.05) is 59.1 Å². The monoisotopic (exact) mass is 388 g/mol. The van der Waals surface area contributed by atoms with Gasteiger partial charge < -0.3 is 5.48 Å². The van der Waals surface area contributed by atoms with Crippen molar-refractivity contribution in [2.75, 3.05) is 7.05 Å². The molecule has 2 rings (SSSR count). The van der Waals surface area contributed by atoms with E-state index in [0.29, 0.717) is 15.6 Å². The Balaban J connectivity index is -0.000000347. The van der Waals surface area contributed by atoms with E-state index in [1.807, 2.05) is 18.2 Å². The molecule has 0 bridgehead atoms. The van der Waals surface area contributed by atoms with Gasteiger partial charge in [-0.25, -0.2) is 5.84 Å². The molecule has 0 saturated carbocycles. The van der Waals surface area contributed by atoms with E-state index < -0.39 is 0 Å². The van der Waals surface area contributed by atoms with Crippen LogP contribution in [0.4, 0.5) is 0 Å². The molecule has 0 heterocycles. The fourth-order valence-electron chi connectivity index (χ4n) is 1.42. The quantitative estimate of drug-likeness (QED) is 0.352. The van der Waals surface area contributed by atoms with E-state index in [9.17, 15) is 4.79 Å². The topological polar surface area (TPSA) is 77.8 Å². The van der Waals surface area contributed by atoms with Crippen LogP contribution in [-0.2, 0) is 0 Å². The first kappa shape index (κ1) is 27.5. The van der Waals surface area contributed by atoms with Gasteiger partial charge >= 0.3 is 29.6 Å². The number of hydrazine groups is 1. The number of amides is 1. The second kappa shape index (κ2) is 14.1. The van der Waals surface area contributed by atoms with Crippen molar-refractivity contribution in [3.63, 3.8) is 0 Å². The summed E-state index contributed by atoms with van der Waals surface area (Å²) in [5, 5.41) is 1.80. The molecule has 0 atom stereocenters. The first-order valence-corrected chi connectivity index (χ1v) is 6.66. The third-order valence-corrected chi connectivity index (χ3v) is 2.81. The molecule has 0 spiro atoms. The van der Waals surface area contributed by atoms with E-state index >= 15 is 0 Å². The van der Waals surface area contributed by atoms with Gasteiger partial charge in [0.25, 0.3) is 5.91 Å². The van der Waals surface area contributed by atoms with E-state index in [1.54, 1.807) is 6.07 Å². The summed E-state index contributed by atoms with van der Waals surface area (Å²) in [6, 6.07) is 14.8. The van der Waals surface area contributed by atoms with Crippen LogP contribution in [0.25, 0.3) is 0 Å². The van der Waals surface area contributed by atoms with Crippen molar-refractivity contribution in [1.29, 1.82) is 0 Å². The number of carbonyl (C=O) groups excluding carboxylic acids is 1. The molecule has 0 aliphatic carbocycles. The van der Waals surface area contributed by atoms with Gasteiger partial charge in [-0.15, -0.1) is 12.4 Å². The van der Waals surface area contributed by atoms with E-state index in [-0.39, 0.29) is 53.3 Å². The average Bonchev–Trinajstić information content (AvgIpc) is 2.38. The Hall–Kier alpha value is -0.300. The summed E-state index contributed by atoms with van der Waals surface area (Å²) in [7, 11) is 1.46. The summed E-state index contributed by atoms with van der Waals surface area (Å²) in [6.07, 6.45) is 0. The molecule has 0 unspecified atom stereocenters. The van der Waals surface area contributed by atoms with Crippen molar-refractivity contribution >= 4 is 71.1 Å². The molecule has 8 heteroatoms.